The third-order valence-corrected chi connectivity index (χ3v) is 5.63. The van der Waals surface area contributed by atoms with E-state index < -0.39 is 0 Å². The molecule has 152 valence electrons. The lowest BCUT2D eigenvalue weighted by Gasteiger charge is -2.19. The molecule has 0 aliphatic heterocycles. The minimum atomic E-state index is -0.179. The molecule has 1 heterocycles. The van der Waals surface area contributed by atoms with E-state index >= 15 is 0 Å². The monoisotopic (exact) mass is 409 g/mol. The van der Waals surface area contributed by atoms with E-state index in [4.69, 9.17) is 9.47 Å². The van der Waals surface area contributed by atoms with Gasteiger partial charge in [0.1, 0.15) is 11.5 Å². The summed E-state index contributed by atoms with van der Waals surface area (Å²) in [4.78, 5) is 13.7. The number of rotatable bonds is 10. The lowest BCUT2D eigenvalue weighted by molar-refractivity contribution is -0.123. The van der Waals surface area contributed by atoms with E-state index in [2.05, 4.69) is 36.5 Å². The molecule has 0 saturated carbocycles. The van der Waals surface area contributed by atoms with Gasteiger partial charge in [0, 0.05) is 4.88 Å². The van der Waals surface area contributed by atoms with Crippen LogP contribution < -0.4 is 14.8 Å². The van der Waals surface area contributed by atoms with Gasteiger partial charge in [-0.2, -0.15) is 0 Å². The first-order chi connectivity index (χ1) is 14.2. The Labute approximate surface area is 176 Å². The largest absolute Gasteiger partial charge is 0.497 e. The van der Waals surface area contributed by atoms with Gasteiger partial charge in [-0.15, -0.1) is 11.3 Å². The first kappa shape index (κ1) is 20.9. The summed E-state index contributed by atoms with van der Waals surface area (Å²) in [5.74, 6) is 1.23. The number of hydrogen-bond donors (Lipinski definition) is 1. The maximum atomic E-state index is 12.6. The van der Waals surface area contributed by atoms with E-state index in [9.17, 15) is 4.79 Å². The van der Waals surface area contributed by atoms with Crippen LogP contribution in [0.5, 0.6) is 11.5 Å². The molecule has 1 atom stereocenters. The highest BCUT2D eigenvalue weighted by Gasteiger charge is 2.18. The normalized spacial score (nSPS) is 11.7. The van der Waals surface area contributed by atoms with Crippen LogP contribution in [0.25, 0.3) is 0 Å². The van der Waals surface area contributed by atoms with Crippen molar-refractivity contribution in [1.29, 1.82) is 0 Å². The number of amides is 1. The van der Waals surface area contributed by atoms with Crippen molar-refractivity contribution in [2.75, 3.05) is 13.7 Å². The molecule has 29 heavy (non-hydrogen) atoms. The number of carbonyl (C=O) groups excluding carboxylic acids is 1. The molecule has 3 aromatic rings. The molecule has 0 aliphatic rings. The highest BCUT2D eigenvalue weighted by Crippen LogP contribution is 2.26. The van der Waals surface area contributed by atoms with Gasteiger partial charge in [0.15, 0.2) is 6.61 Å². The van der Waals surface area contributed by atoms with E-state index in [1.165, 1.54) is 18.4 Å². The number of unbranched alkanes of at least 4 members (excludes halogenated alkanes) is 1. The highest BCUT2D eigenvalue weighted by molar-refractivity contribution is 7.10. The molecule has 0 aliphatic carbocycles. The topological polar surface area (TPSA) is 47.6 Å². The molecule has 1 N–H and O–H groups in total. The average Bonchev–Trinajstić information content (AvgIpc) is 3.30. The summed E-state index contributed by atoms with van der Waals surface area (Å²) in [5, 5.41) is 5.14. The Bertz CT molecular complexity index is 874. The molecule has 0 bridgehead atoms. The highest BCUT2D eigenvalue weighted by atomic mass is 32.1. The SMILES string of the molecule is CCCCc1ccc(C(NC(=O)COc2ccc(OC)cc2)c2cccs2)cc1. The van der Waals surface area contributed by atoms with Crippen molar-refractivity contribution in [3.8, 4) is 11.5 Å². The summed E-state index contributed by atoms with van der Waals surface area (Å²) in [6, 6.07) is 19.6. The minimum absolute atomic E-state index is 0.0389. The number of thiophene rings is 1. The zero-order chi connectivity index (χ0) is 20.5. The Morgan fingerprint density at radius 2 is 1.76 bits per heavy atom. The summed E-state index contributed by atoms with van der Waals surface area (Å²) in [7, 11) is 1.62. The second kappa shape index (κ2) is 10.7. The molecule has 1 unspecified atom stereocenters. The van der Waals surface area contributed by atoms with Crippen molar-refractivity contribution >= 4 is 17.2 Å². The van der Waals surface area contributed by atoms with Crippen molar-refractivity contribution < 1.29 is 14.3 Å². The van der Waals surface area contributed by atoms with Crippen molar-refractivity contribution in [3.05, 3.63) is 82.0 Å². The van der Waals surface area contributed by atoms with Gasteiger partial charge in [-0.3, -0.25) is 4.79 Å². The fourth-order valence-electron chi connectivity index (χ4n) is 3.06. The Hall–Kier alpha value is -2.79. The summed E-state index contributed by atoms with van der Waals surface area (Å²) in [6.07, 6.45) is 3.46. The maximum Gasteiger partial charge on any atom is 0.258 e. The molecule has 0 radical (unpaired) electrons. The van der Waals surface area contributed by atoms with Crippen LogP contribution in [0.1, 0.15) is 41.8 Å². The maximum absolute atomic E-state index is 12.6. The number of ether oxygens (including phenoxy) is 2. The van der Waals surface area contributed by atoms with E-state index in [0.717, 1.165) is 22.6 Å². The van der Waals surface area contributed by atoms with Gasteiger partial charge in [0.2, 0.25) is 0 Å². The van der Waals surface area contributed by atoms with Crippen LogP contribution in [0, 0.1) is 0 Å². The predicted molar refractivity (Wildman–Crippen MR) is 118 cm³/mol. The van der Waals surface area contributed by atoms with Crippen LogP contribution in [-0.2, 0) is 11.2 Å². The van der Waals surface area contributed by atoms with Crippen LogP contribution in [0.4, 0.5) is 0 Å². The third kappa shape index (κ3) is 6.09. The molecule has 5 heteroatoms. The van der Waals surface area contributed by atoms with E-state index in [0.29, 0.717) is 5.75 Å². The molecule has 0 fully saturated rings. The van der Waals surface area contributed by atoms with E-state index in [1.54, 1.807) is 30.6 Å². The number of hydrogen-bond acceptors (Lipinski definition) is 4. The Kier molecular flexibility index (Phi) is 7.70. The number of carbonyl (C=O) groups is 1. The van der Waals surface area contributed by atoms with Crippen molar-refractivity contribution in [2.45, 2.75) is 32.2 Å². The van der Waals surface area contributed by atoms with Crippen molar-refractivity contribution in [3.63, 3.8) is 0 Å². The van der Waals surface area contributed by atoms with Crippen molar-refractivity contribution in [2.24, 2.45) is 0 Å². The molecule has 0 saturated heterocycles. The van der Waals surface area contributed by atoms with Gasteiger partial charge >= 0.3 is 0 Å². The molecular formula is C24H27NO3S. The Morgan fingerprint density at radius 3 is 2.38 bits per heavy atom. The Morgan fingerprint density at radius 1 is 1.03 bits per heavy atom. The summed E-state index contributed by atoms with van der Waals surface area (Å²) in [5.41, 5.74) is 2.40. The molecule has 1 aromatic heterocycles. The quantitative estimate of drug-likeness (QED) is 0.489. The van der Waals surface area contributed by atoms with Crippen LogP contribution in [-0.4, -0.2) is 19.6 Å². The first-order valence-corrected chi connectivity index (χ1v) is 10.8. The summed E-state index contributed by atoms with van der Waals surface area (Å²) >= 11 is 1.64. The number of aryl methyl sites for hydroxylation is 1. The molecule has 4 nitrogen and oxygen atoms in total. The predicted octanol–water partition coefficient (Wildman–Crippen LogP) is 5.38. The zero-order valence-corrected chi connectivity index (χ0v) is 17.7. The number of benzene rings is 2. The Balaban J connectivity index is 1.65. The molecule has 3 rings (SSSR count). The second-order valence-electron chi connectivity index (χ2n) is 6.83. The van der Waals surface area contributed by atoms with Gasteiger partial charge in [-0.25, -0.2) is 0 Å². The fourth-order valence-corrected chi connectivity index (χ4v) is 3.86. The van der Waals surface area contributed by atoms with Crippen molar-refractivity contribution in [1.82, 2.24) is 5.32 Å². The van der Waals surface area contributed by atoms with Crippen LogP contribution in [0.2, 0.25) is 0 Å². The molecule has 0 spiro atoms. The molecule has 2 aromatic carbocycles. The fraction of sp³-hybridized carbons (Fsp3) is 0.292. The first-order valence-electron chi connectivity index (χ1n) is 9.88. The standard InChI is InChI=1S/C24H27NO3S/c1-3-4-6-18-8-10-19(11-9-18)24(22-7-5-16-29-22)25-23(26)17-28-21-14-12-20(27-2)13-15-21/h5,7-16,24H,3-4,6,17H2,1-2H3,(H,25,26). The minimum Gasteiger partial charge on any atom is -0.497 e. The van der Waals surface area contributed by atoms with Crippen LogP contribution in [0.3, 0.4) is 0 Å². The number of methoxy groups -OCH3 is 1. The zero-order valence-electron chi connectivity index (χ0n) is 16.9. The van der Waals surface area contributed by atoms with Gasteiger partial charge in [0.25, 0.3) is 5.91 Å². The van der Waals surface area contributed by atoms with Gasteiger partial charge < -0.3 is 14.8 Å². The van der Waals surface area contributed by atoms with Crippen LogP contribution in [0.15, 0.2) is 66.0 Å². The number of nitrogens with one attached hydrogen (secondary N) is 1. The summed E-state index contributed by atoms with van der Waals surface area (Å²) < 4.78 is 10.8. The average molecular weight is 410 g/mol. The van der Waals surface area contributed by atoms with Crippen LogP contribution >= 0.6 is 11.3 Å². The smallest absolute Gasteiger partial charge is 0.258 e. The summed E-state index contributed by atoms with van der Waals surface area (Å²) in [6.45, 7) is 2.16. The lowest BCUT2D eigenvalue weighted by Crippen LogP contribution is -2.32. The molecule has 1 amide bonds. The van der Waals surface area contributed by atoms with E-state index in [-0.39, 0.29) is 18.6 Å². The van der Waals surface area contributed by atoms with Gasteiger partial charge in [0.05, 0.1) is 13.2 Å². The third-order valence-electron chi connectivity index (χ3n) is 4.69. The van der Waals surface area contributed by atoms with Gasteiger partial charge in [-0.1, -0.05) is 43.7 Å². The second-order valence-corrected chi connectivity index (χ2v) is 7.80. The lowest BCUT2D eigenvalue weighted by atomic mass is 10.0. The van der Waals surface area contributed by atoms with Gasteiger partial charge in [-0.05, 0) is 59.7 Å². The molecular weight excluding hydrogens is 382 g/mol. The van der Waals surface area contributed by atoms with E-state index in [1.807, 2.05) is 29.6 Å².